The van der Waals surface area contributed by atoms with E-state index >= 15 is 0 Å². The first-order valence-electron chi connectivity index (χ1n) is 6.13. The van der Waals surface area contributed by atoms with Gasteiger partial charge in [-0.05, 0) is 42.0 Å². The minimum atomic E-state index is -0.0931. The molecule has 2 aromatic carbocycles. The molecule has 0 aromatic heterocycles. The number of benzene rings is 2. The number of carbonyl (C=O) groups is 1. The van der Waals surface area contributed by atoms with Crippen molar-refractivity contribution in [3.8, 4) is 5.75 Å². The van der Waals surface area contributed by atoms with Gasteiger partial charge in [0.1, 0.15) is 5.75 Å². The molecule has 104 valence electrons. The summed E-state index contributed by atoms with van der Waals surface area (Å²) in [5, 5.41) is 15.6. The Morgan fingerprint density at radius 3 is 2.40 bits per heavy atom. The molecule has 0 radical (unpaired) electrons. The molecule has 3 N–H and O–H groups in total. The number of anilines is 2. The number of aromatic hydroxyl groups is 1. The zero-order chi connectivity index (χ0) is 14.5. The van der Waals surface area contributed by atoms with Crippen LogP contribution in [0.25, 0.3) is 0 Å². The van der Waals surface area contributed by atoms with Crippen molar-refractivity contribution in [2.75, 3.05) is 10.6 Å². The molecule has 20 heavy (non-hydrogen) atoms. The molecule has 0 saturated heterocycles. The van der Waals surface area contributed by atoms with Gasteiger partial charge >= 0.3 is 0 Å². The number of phenolic OH excluding ortho intramolecular Hbond substituents is 1. The molecule has 0 aliphatic heterocycles. The summed E-state index contributed by atoms with van der Waals surface area (Å²) in [4.78, 5) is 10.9. The zero-order valence-electron chi connectivity index (χ0n) is 11.0. The third kappa shape index (κ3) is 3.90. The van der Waals surface area contributed by atoms with Gasteiger partial charge < -0.3 is 15.7 Å². The van der Waals surface area contributed by atoms with Gasteiger partial charge in [-0.3, -0.25) is 4.79 Å². The Morgan fingerprint density at radius 2 is 1.80 bits per heavy atom. The van der Waals surface area contributed by atoms with E-state index in [0.29, 0.717) is 11.6 Å². The molecule has 4 nitrogen and oxygen atoms in total. The third-order valence-electron chi connectivity index (χ3n) is 2.71. The van der Waals surface area contributed by atoms with Crippen LogP contribution in [0.5, 0.6) is 5.75 Å². The molecule has 5 heteroatoms. The minimum Gasteiger partial charge on any atom is -0.506 e. The monoisotopic (exact) mass is 290 g/mol. The highest BCUT2D eigenvalue weighted by atomic mass is 35.5. The van der Waals surface area contributed by atoms with Gasteiger partial charge in [0.25, 0.3) is 0 Å². The van der Waals surface area contributed by atoms with Gasteiger partial charge in [-0.2, -0.15) is 0 Å². The first-order valence-corrected chi connectivity index (χ1v) is 6.51. The van der Waals surface area contributed by atoms with E-state index in [2.05, 4.69) is 10.6 Å². The number of hydrogen-bond acceptors (Lipinski definition) is 3. The van der Waals surface area contributed by atoms with E-state index in [1.54, 1.807) is 18.2 Å². The van der Waals surface area contributed by atoms with Gasteiger partial charge in [-0.25, -0.2) is 0 Å². The molecule has 0 spiro atoms. The van der Waals surface area contributed by atoms with Crippen molar-refractivity contribution in [1.82, 2.24) is 0 Å². The van der Waals surface area contributed by atoms with E-state index in [4.69, 9.17) is 11.6 Å². The van der Waals surface area contributed by atoms with Crippen molar-refractivity contribution in [3.63, 3.8) is 0 Å². The summed E-state index contributed by atoms with van der Waals surface area (Å²) in [5.41, 5.74) is 2.66. The Balaban J connectivity index is 1.96. The molecule has 0 aliphatic carbocycles. The predicted octanol–water partition coefficient (Wildman–Crippen LogP) is 3.62. The Labute approximate surface area is 122 Å². The lowest BCUT2D eigenvalue weighted by atomic mass is 10.2. The van der Waals surface area contributed by atoms with Gasteiger partial charge in [0.2, 0.25) is 5.91 Å². The van der Waals surface area contributed by atoms with Crippen molar-refractivity contribution in [1.29, 1.82) is 0 Å². The number of carbonyl (C=O) groups excluding carboxylic acids is 1. The van der Waals surface area contributed by atoms with Gasteiger partial charge in [0.05, 0.1) is 5.02 Å². The van der Waals surface area contributed by atoms with E-state index in [1.807, 2.05) is 24.3 Å². The zero-order valence-corrected chi connectivity index (χ0v) is 11.7. The number of phenols is 1. The average Bonchev–Trinajstić information content (AvgIpc) is 2.41. The van der Waals surface area contributed by atoms with Crippen molar-refractivity contribution < 1.29 is 9.90 Å². The molecule has 0 unspecified atom stereocenters. The van der Waals surface area contributed by atoms with Crippen molar-refractivity contribution in [3.05, 3.63) is 53.1 Å². The van der Waals surface area contributed by atoms with Crippen LogP contribution >= 0.6 is 11.6 Å². The highest BCUT2D eigenvalue weighted by Crippen LogP contribution is 2.24. The Kier molecular flexibility index (Phi) is 4.48. The molecule has 0 atom stereocenters. The van der Waals surface area contributed by atoms with Crippen LogP contribution in [-0.2, 0) is 11.3 Å². The molecular weight excluding hydrogens is 276 g/mol. The van der Waals surface area contributed by atoms with E-state index < -0.39 is 0 Å². The van der Waals surface area contributed by atoms with Gasteiger partial charge in [-0.1, -0.05) is 17.7 Å². The summed E-state index contributed by atoms with van der Waals surface area (Å²) in [5.74, 6) is -0.0143. The molecule has 0 heterocycles. The average molecular weight is 291 g/mol. The maximum Gasteiger partial charge on any atom is 0.221 e. The highest BCUT2D eigenvalue weighted by Gasteiger charge is 2.00. The Bertz CT molecular complexity index is 612. The van der Waals surface area contributed by atoms with Crippen LogP contribution in [0.15, 0.2) is 42.5 Å². The Morgan fingerprint density at radius 1 is 1.15 bits per heavy atom. The van der Waals surface area contributed by atoms with Crippen molar-refractivity contribution in [2.45, 2.75) is 13.5 Å². The molecular formula is C15H15ClN2O2. The smallest absolute Gasteiger partial charge is 0.221 e. The van der Waals surface area contributed by atoms with Crippen molar-refractivity contribution in [2.24, 2.45) is 0 Å². The molecule has 2 rings (SSSR count). The number of nitrogens with one attached hydrogen (secondary N) is 2. The highest BCUT2D eigenvalue weighted by molar-refractivity contribution is 6.32. The second kappa shape index (κ2) is 6.30. The van der Waals surface area contributed by atoms with Gasteiger partial charge in [0.15, 0.2) is 0 Å². The quantitative estimate of drug-likeness (QED) is 0.806. The van der Waals surface area contributed by atoms with Crippen LogP contribution in [0.1, 0.15) is 12.5 Å². The summed E-state index contributed by atoms with van der Waals surface area (Å²) >= 11 is 5.85. The van der Waals surface area contributed by atoms with Crippen LogP contribution in [0.4, 0.5) is 11.4 Å². The second-order valence-electron chi connectivity index (χ2n) is 4.40. The van der Waals surface area contributed by atoms with E-state index in [-0.39, 0.29) is 11.7 Å². The van der Waals surface area contributed by atoms with E-state index in [1.165, 1.54) is 6.92 Å². The third-order valence-corrected chi connectivity index (χ3v) is 3.02. The first kappa shape index (κ1) is 14.2. The Hall–Kier alpha value is -2.20. The summed E-state index contributed by atoms with van der Waals surface area (Å²) in [6.07, 6.45) is 0. The fourth-order valence-electron chi connectivity index (χ4n) is 1.74. The normalized spacial score (nSPS) is 10.1. The minimum absolute atomic E-state index is 0.0788. The number of rotatable bonds is 4. The summed E-state index contributed by atoms with van der Waals surface area (Å²) in [7, 11) is 0. The molecule has 0 fully saturated rings. The van der Waals surface area contributed by atoms with Crippen LogP contribution < -0.4 is 10.6 Å². The maximum atomic E-state index is 10.9. The largest absolute Gasteiger partial charge is 0.506 e. The summed E-state index contributed by atoms with van der Waals surface area (Å²) in [6, 6.07) is 12.5. The molecule has 0 saturated carbocycles. The summed E-state index contributed by atoms with van der Waals surface area (Å²) < 4.78 is 0. The molecule has 1 amide bonds. The number of hydrogen-bond donors (Lipinski definition) is 3. The standard InChI is InChI=1S/C15H15ClN2O2/c1-10(19)18-13-5-3-12(4-6-13)17-9-11-2-7-15(20)14(16)8-11/h2-8,17,20H,9H2,1H3,(H,18,19). The number of halogens is 1. The predicted molar refractivity (Wildman–Crippen MR) is 81.2 cm³/mol. The van der Waals surface area contributed by atoms with E-state index in [9.17, 15) is 9.90 Å². The second-order valence-corrected chi connectivity index (χ2v) is 4.81. The molecule has 0 bridgehead atoms. The molecule has 0 aliphatic rings. The lowest BCUT2D eigenvalue weighted by Gasteiger charge is -2.08. The van der Waals surface area contributed by atoms with Crippen LogP contribution in [0.2, 0.25) is 5.02 Å². The SMILES string of the molecule is CC(=O)Nc1ccc(NCc2ccc(O)c(Cl)c2)cc1. The summed E-state index contributed by atoms with van der Waals surface area (Å²) in [6.45, 7) is 2.07. The topological polar surface area (TPSA) is 61.4 Å². The lowest BCUT2D eigenvalue weighted by molar-refractivity contribution is -0.114. The van der Waals surface area contributed by atoms with Crippen LogP contribution in [0.3, 0.4) is 0 Å². The van der Waals surface area contributed by atoms with Crippen molar-refractivity contribution >= 4 is 28.9 Å². The van der Waals surface area contributed by atoms with E-state index in [0.717, 1.165) is 16.9 Å². The fraction of sp³-hybridized carbons (Fsp3) is 0.133. The maximum absolute atomic E-state index is 10.9. The molecule has 2 aromatic rings. The van der Waals surface area contributed by atoms with Crippen LogP contribution in [-0.4, -0.2) is 11.0 Å². The number of amides is 1. The van der Waals surface area contributed by atoms with Crippen LogP contribution in [0, 0.1) is 0 Å². The van der Waals surface area contributed by atoms with Gasteiger partial charge in [-0.15, -0.1) is 0 Å². The van der Waals surface area contributed by atoms with Gasteiger partial charge in [0, 0.05) is 24.8 Å². The lowest BCUT2D eigenvalue weighted by Crippen LogP contribution is -2.05. The fourth-order valence-corrected chi connectivity index (χ4v) is 1.94. The first-order chi connectivity index (χ1) is 9.54.